The van der Waals surface area contributed by atoms with Crippen LogP contribution in [0, 0.1) is 5.92 Å². The number of pyridine rings is 1. The number of aromatic nitrogens is 1. The van der Waals surface area contributed by atoms with Crippen LogP contribution < -0.4 is 4.74 Å². The Kier molecular flexibility index (Phi) is 7.60. The Morgan fingerprint density at radius 2 is 1.77 bits per heavy atom. The van der Waals surface area contributed by atoms with E-state index in [1.807, 2.05) is 6.92 Å². The lowest BCUT2D eigenvalue weighted by atomic mass is 10.2. The van der Waals surface area contributed by atoms with E-state index in [0.29, 0.717) is 18.3 Å². The van der Waals surface area contributed by atoms with Crippen molar-refractivity contribution >= 4 is 24.0 Å². The summed E-state index contributed by atoms with van der Waals surface area (Å²) in [6.45, 7) is 5.97. The molecule has 0 aliphatic rings. The molecular formula is C15H20N2O5. The molecule has 0 aliphatic heterocycles. The van der Waals surface area contributed by atoms with Gasteiger partial charge >= 0.3 is 11.9 Å². The van der Waals surface area contributed by atoms with Gasteiger partial charge in [0.2, 0.25) is 5.88 Å². The molecule has 0 amide bonds. The molecule has 7 heteroatoms. The zero-order valence-electron chi connectivity index (χ0n) is 12.9. The maximum absolute atomic E-state index is 11.8. The molecule has 0 radical (unpaired) electrons. The van der Waals surface area contributed by atoms with Crippen LogP contribution in [0.1, 0.15) is 20.8 Å². The first-order valence-corrected chi connectivity index (χ1v) is 7.09. The van der Waals surface area contributed by atoms with Crippen LogP contribution in [0.5, 0.6) is 5.88 Å². The number of nitrogens with zero attached hydrogens (tertiary/aromatic N) is 2. The van der Waals surface area contributed by atoms with Gasteiger partial charge in [0.15, 0.2) is 11.7 Å². The molecule has 0 unspecified atom stereocenters. The number of aliphatic imine (C=N–C) groups is 1. The highest BCUT2D eigenvalue weighted by atomic mass is 16.6. The molecule has 1 heterocycles. The number of carbonyl (C=O) groups is 2. The second kappa shape index (κ2) is 9.49. The van der Waals surface area contributed by atoms with Crippen molar-refractivity contribution in [2.45, 2.75) is 20.8 Å². The van der Waals surface area contributed by atoms with E-state index in [0.717, 1.165) is 0 Å². The highest BCUT2D eigenvalue weighted by Crippen LogP contribution is 2.14. The fraction of sp³-hybridized carbons (Fsp3) is 0.467. The average Bonchev–Trinajstić information content (AvgIpc) is 2.49. The SMILES string of the molecule is CCOC(=O)C(C=Nc1cccc(OCC)n1)C(=O)OCC. The zero-order valence-corrected chi connectivity index (χ0v) is 12.9. The van der Waals surface area contributed by atoms with Crippen molar-refractivity contribution in [1.82, 2.24) is 4.98 Å². The molecule has 0 N–H and O–H groups in total. The van der Waals surface area contributed by atoms with Crippen LogP contribution in [0.15, 0.2) is 23.2 Å². The topological polar surface area (TPSA) is 87.1 Å². The standard InChI is InChI=1S/C15H20N2O5/c1-4-20-13-9-7-8-12(17-13)16-10-11(14(18)21-5-2)15(19)22-6-3/h7-11H,4-6H2,1-3H3. The minimum atomic E-state index is -1.21. The number of ether oxygens (including phenoxy) is 3. The molecule has 22 heavy (non-hydrogen) atoms. The summed E-state index contributed by atoms with van der Waals surface area (Å²) in [5.41, 5.74) is 0. The zero-order chi connectivity index (χ0) is 16.4. The Morgan fingerprint density at radius 1 is 1.14 bits per heavy atom. The predicted molar refractivity (Wildman–Crippen MR) is 80.3 cm³/mol. The molecule has 0 saturated heterocycles. The molecule has 0 aliphatic carbocycles. The van der Waals surface area contributed by atoms with E-state index in [-0.39, 0.29) is 13.2 Å². The van der Waals surface area contributed by atoms with E-state index in [9.17, 15) is 9.59 Å². The van der Waals surface area contributed by atoms with Gasteiger partial charge in [-0.2, -0.15) is 4.98 Å². The van der Waals surface area contributed by atoms with Crippen LogP contribution in [-0.4, -0.2) is 43.0 Å². The van der Waals surface area contributed by atoms with E-state index in [4.69, 9.17) is 14.2 Å². The smallest absolute Gasteiger partial charge is 0.325 e. The molecule has 0 aromatic carbocycles. The van der Waals surface area contributed by atoms with Gasteiger partial charge in [-0.1, -0.05) is 6.07 Å². The largest absolute Gasteiger partial charge is 0.478 e. The molecule has 0 spiro atoms. The van der Waals surface area contributed by atoms with Crippen molar-refractivity contribution in [1.29, 1.82) is 0 Å². The summed E-state index contributed by atoms with van der Waals surface area (Å²) in [6, 6.07) is 5.04. The van der Waals surface area contributed by atoms with E-state index >= 15 is 0 Å². The van der Waals surface area contributed by atoms with Crippen molar-refractivity contribution in [3.05, 3.63) is 18.2 Å². The summed E-state index contributed by atoms with van der Waals surface area (Å²) in [5, 5.41) is 0. The van der Waals surface area contributed by atoms with Crippen molar-refractivity contribution < 1.29 is 23.8 Å². The third-order valence-electron chi connectivity index (χ3n) is 2.44. The van der Waals surface area contributed by atoms with Crippen LogP contribution in [0.4, 0.5) is 5.82 Å². The van der Waals surface area contributed by atoms with Gasteiger partial charge in [0.25, 0.3) is 0 Å². The fourth-order valence-electron chi connectivity index (χ4n) is 1.54. The first-order valence-electron chi connectivity index (χ1n) is 7.09. The molecule has 7 nitrogen and oxygen atoms in total. The van der Waals surface area contributed by atoms with E-state index in [2.05, 4.69) is 9.98 Å². The molecule has 0 saturated carbocycles. The maximum Gasteiger partial charge on any atom is 0.325 e. The Labute approximate surface area is 129 Å². The van der Waals surface area contributed by atoms with Gasteiger partial charge in [-0.25, -0.2) is 4.99 Å². The fourth-order valence-corrected chi connectivity index (χ4v) is 1.54. The number of carbonyl (C=O) groups excluding carboxylic acids is 2. The van der Waals surface area contributed by atoms with Crippen LogP contribution >= 0.6 is 0 Å². The Hall–Kier alpha value is -2.44. The van der Waals surface area contributed by atoms with Crippen molar-refractivity contribution in [3.63, 3.8) is 0 Å². The van der Waals surface area contributed by atoms with Crippen LogP contribution in [-0.2, 0) is 19.1 Å². The molecule has 1 aromatic heterocycles. The lowest BCUT2D eigenvalue weighted by Crippen LogP contribution is -2.29. The van der Waals surface area contributed by atoms with Gasteiger partial charge in [0.1, 0.15) is 0 Å². The van der Waals surface area contributed by atoms with E-state index < -0.39 is 17.9 Å². The van der Waals surface area contributed by atoms with Crippen LogP contribution in [0.3, 0.4) is 0 Å². The van der Waals surface area contributed by atoms with Crippen molar-refractivity contribution in [3.8, 4) is 5.88 Å². The molecular weight excluding hydrogens is 288 g/mol. The highest BCUT2D eigenvalue weighted by Gasteiger charge is 2.27. The molecule has 120 valence electrons. The van der Waals surface area contributed by atoms with Gasteiger partial charge in [-0.3, -0.25) is 9.59 Å². The maximum atomic E-state index is 11.8. The number of hydrogen-bond donors (Lipinski definition) is 0. The second-order valence-electron chi connectivity index (χ2n) is 4.03. The minimum Gasteiger partial charge on any atom is -0.478 e. The summed E-state index contributed by atoms with van der Waals surface area (Å²) in [7, 11) is 0. The second-order valence-corrected chi connectivity index (χ2v) is 4.03. The molecule has 1 rings (SSSR count). The summed E-state index contributed by atoms with van der Waals surface area (Å²) in [5.74, 6) is -1.88. The monoisotopic (exact) mass is 308 g/mol. The third kappa shape index (κ3) is 5.51. The number of esters is 2. The first kappa shape index (κ1) is 17.6. The Bertz CT molecular complexity index is 512. The van der Waals surface area contributed by atoms with Gasteiger partial charge in [0, 0.05) is 12.3 Å². The van der Waals surface area contributed by atoms with Gasteiger partial charge < -0.3 is 14.2 Å². The third-order valence-corrected chi connectivity index (χ3v) is 2.44. The van der Waals surface area contributed by atoms with Crippen molar-refractivity contribution in [2.75, 3.05) is 19.8 Å². The van der Waals surface area contributed by atoms with Gasteiger partial charge in [-0.05, 0) is 26.8 Å². The minimum absolute atomic E-state index is 0.167. The Morgan fingerprint density at radius 3 is 2.32 bits per heavy atom. The van der Waals surface area contributed by atoms with Crippen LogP contribution in [0.25, 0.3) is 0 Å². The highest BCUT2D eigenvalue weighted by molar-refractivity contribution is 6.09. The molecule has 1 aromatic rings. The number of hydrogen-bond acceptors (Lipinski definition) is 7. The number of rotatable bonds is 8. The summed E-state index contributed by atoms with van der Waals surface area (Å²) < 4.78 is 14.9. The predicted octanol–water partition coefficient (Wildman–Crippen LogP) is 1.92. The van der Waals surface area contributed by atoms with Gasteiger partial charge in [0.05, 0.1) is 19.8 Å². The summed E-state index contributed by atoms with van der Waals surface area (Å²) >= 11 is 0. The van der Waals surface area contributed by atoms with E-state index in [1.54, 1.807) is 32.0 Å². The molecule has 0 atom stereocenters. The summed E-state index contributed by atoms with van der Waals surface area (Å²) in [6.07, 6.45) is 1.17. The lowest BCUT2D eigenvalue weighted by molar-refractivity contribution is -0.157. The molecule has 0 fully saturated rings. The molecule has 0 bridgehead atoms. The van der Waals surface area contributed by atoms with Crippen LogP contribution in [0.2, 0.25) is 0 Å². The van der Waals surface area contributed by atoms with Gasteiger partial charge in [-0.15, -0.1) is 0 Å². The van der Waals surface area contributed by atoms with Crippen molar-refractivity contribution in [2.24, 2.45) is 10.9 Å². The summed E-state index contributed by atoms with van der Waals surface area (Å²) in [4.78, 5) is 31.7. The lowest BCUT2D eigenvalue weighted by Gasteiger charge is -2.10. The Balaban J connectivity index is 2.89. The quantitative estimate of drug-likeness (QED) is 0.414. The normalized spacial score (nSPS) is 10.7. The first-order chi connectivity index (χ1) is 10.6. The average molecular weight is 308 g/mol. The van der Waals surface area contributed by atoms with E-state index in [1.165, 1.54) is 6.21 Å².